The second-order valence-corrected chi connectivity index (χ2v) is 3.96. The number of hydrogen-bond donors (Lipinski definition) is 1. The average Bonchev–Trinajstić information content (AvgIpc) is 2.47. The number of benzene rings is 1. The zero-order chi connectivity index (χ0) is 13.7. The summed E-state index contributed by atoms with van der Waals surface area (Å²) in [6.07, 6.45) is 3.15. The number of carbonyl (C=O) groups is 1. The van der Waals surface area contributed by atoms with E-state index in [1.54, 1.807) is 36.7 Å². The SMILES string of the molecule is O=C(CF)NCc1ccc(F)c(-c2ccncc2)c1. The maximum absolute atomic E-state index is 13.8. The van der Waals surface area contributed by atoms with E-state index >= 15 is 0 Å². The lowest BCUT2D eigenvalue weighted by molar-refractivity contribution is -0.122. The van der Waals surface area contributed by atoms with Crippen LogP contribution in [0.2, 0.25) is 0 Å². The van der Waals surface area contributed by atoms with E-state index in [1.807, 2.05) is 0 Å². The van der Waals surface area contributed by atoms with E-state index in [4.69, 9.17) is 0 Å². The van der Waals surface area contributed by atoms with Crippen LogP contribution < -0.4 is 5.32 Å². The van der Waals surface area contributed by atoms with Crippen LogP contribution in [0.3, 0.4) is 0 Å². The third-order valence-corrected chi connectivity index (χ3v) is 2.63. The van der Waals surface area contributed by atoms with Gasteiger partial charge < -0.3 is 5.32 Å². The molecule has 1 aromatic heterocycles. The Labute approximate surface area is 109 Å². The smallest absolute Gasteiger partial charge is 0.251 e. The zero-order valence-electron chi connectivity index (χ0n) is 10.1. The molecule has 1 N–H and O–H groups in total. The standard InChI is InChI=1S/C14H12F2N2O/c15-8-14(19)18-9-10-1-2-13(16)12(7-10)11-3-5-17-6-4-11/h1-7H,8-9H2,(H,18,19). The van der Waals surface area contributed by atoms with Crippen molar-refractivity contribution < 1.29 is 13.6 Å². The maximum Gasteiger partial charge on any atom is 0.251 e. The fraction of sp³-hybridized carbons (Fsp3) is 0.143. The molecule has 0 atom stereocenters. The Morgan fingerprint density at radius 3 is 2.63 bits per heavy atom. The molecule has 5 heteroatoms. The molecule has 0 aliphatic carbocycles. The van der Waals surface area contributed by atoms with Gasteiger partial charge in [-0.3, -0.25) is 9.78 Å². The molecule has 0 bridgehead atoms. The van der Waals surface area contributed by atoms with Gasteiger partial charge in [0.1, 0.15) is 5.82 Å². The van der Waals surface area contributed by atoms with Crippen LogP contribution in [0.15, 0.2) is 42.7 Å². The predicted octanol–water partition coefficient (Wildman–Crippen LogP) is 2.47. The normalized spacial score (nSPS) is 10.2. The summed E-state index contributed by atoms with van der Waals surface area (Å²) in [5.74, 6) is -1.04. The van der Waals surface area contributed by atoms with E-state index in [0.717, 1.165) is 0 Å². The van der Waals surface area contributed by atoms with Gasteiger partial charge in [0.25, 0.3) is 5.91 Å². The van der Waals surface area contributed by atoms with Gasteiger partial charge in [0.05, 0.1) is 0 Å². The molecular formula is C14H12F2N2O. The largest absolute Gasteiger partial charge is 0.350 e. The van der Waals surface area contributed by atoms with Crippen LogP contribution in [0.4, 0.5) is 8.78 Å². The molecule has 1 amide bonds. The third kappa shape index (κ3) is 3.34. The highest BCUT2D eigenvalue weighted by atomic mass is 19.1. The zero-order valence-corrected chi connectivity index (χ0v) is 10.1. The van der Waals surface area contributed by atoms with Crippen molar-refractivity contribution in [1.29, 1.82) is 0 Å². The number of nitrogens with one attached hydrogen (secondary N) is 1. The fourth-order valence-corrected chi connectivity index (χ4v) is 1.68. The van der Waals surface area contributed by atoms with Crippen LogP contribution in [-0.2, 0) is 11.3 Å². The Kier molecular flexibility index (Phi) is 4.18. The molecule has 1 aromatic carbocycles. The number of amides is 1. The number of carbonyl (C=O) groups excluding carboxylic acids is 1. The van der Waals surface area contributed by atoms with Gasteiger partial charge in [0, 0.05) is 24.5 Å². The molecule has 0 saturated heterocycles. The molecule has 2 rings (SSSR count). The first-order chi connectivity index (χ1) is 9.20. The lowest BCUT2D eigenvalue weighted by atomic mass is 10.0. The van der Waals surface area contributed by atoms with Crippen molar-refractivity contribution in [3.8, 4) is 11.1 Å². The lowest BCUT2D eigenvalue weighted by Gasteiger charge is -2.07. The highest BCUT2D eigenvalue weighted by Gasteiger charge is 2.07. The molecule has 0 unspecified atom stereocenters. The van der Waals surface area contributed by atoms with Crippen molar-refractivity contribution >= 4 is 5.91 Å². The second kappa shape index (κ2) is 6.04. The number of aromatic nitrogens is 1. The Morgan fingerprint density at radius 2 is 1.95 bits per heavy atom. The Balaban J connectivity index is 2.23. The van der Waals surface area contributed by atoms with Gasteiger partial charge >= 0.3 is 0 Å². The first-order valence-corrected chi connectivity index (χ1v) is 5.72. The van der Waals surface area contributed by atoms with Gasteiger partial charge in [-0.25, -0.2) is 8.78 Å². The van der Waals surface area contributed by atoms with Crippen molar-refractivity contribution in [2.75, 3.05) is 6.67 Å². The molecule has 0 fully saturated rings. The number of pyridine rings is 1. The predicted molar refractivity (Wildman–Crippen MR) is 67.5 cm³/mol. The number of nitrogens with zero attached hydrogens (tertiary/aromatic N) is 1. The summed E-state index contributed by atoms with van der Waals surface area (Å²) in [4.78, 5) is 14.7. The van der Waals surface area contributed by atoms with Crippen molar-refractivity contribution in [3.05, 3.63) is 54.1 Å². The second-order valence-electron chi connectivity index (χ2n) is 3.96. The molecule has 0 spiro atoms. The van der Waals surface area contributed by atoms with Gasteiger partial charge in [-0.05, 0) is 35.4 Å². The van der Waals surface area contributed by atoms with Gasteiger partial charge in [0.2, 0.25) is 0 Å². The van der Waals surface area contributed by atoms with E-state index < -0.39 is 12.6 Å². The Hall–Kier alpha value is -2.30. The van der Waals surface area contributed by atoms with E-state index in [-0.39, 0.29) is 12.4 Å². The highest BCUT2D eigenvalue weighted by Crippen LogP contribution is 2.23. The molecule has 3 nitrogen and oxygen atoms in total. The van der Waals surface area contributed by atoms with Gasteiger partial charge in [-0.1, -0.05) is 6.07 Å². The van der Waals surface area contributed by atoms with Gasteiger partial charge in [0.15, 0.2) is 6.67 Å². The quantitative estimate of drug-likeness (QED) is 0.919. The molecule has 0 aliphatic heterocycles. The topological polar surface area (TPSA) is 42.0 Å². The van der Waals surface area contributed by atoms with Crippen molar-refractivity contribution in [3.63, 3.8) is 0 Å². The summed E-state index contributed by atoms with van der Waals surface area (Å²) in [6.45, 7) is -0.889. The van der Waals surface area contributed by atoms with Crippen LogP contribution >= 0.6 is 0 Å². The first-order valence-electron chi connectivity index (χ1n) is 5.72. The van der Waals surface area contributed by atoms with E-state index in [2.05, 4.69) is 10.3 Å². The van der Waals surface area contributed by atoms with Crippen LogP contribution in [0, 0.1) is 5.82 Å². The number of halogens is 2. The molecule has 98 valence electrons. The van der Waals surface area contributed by atoms with E-state index in [1.165, 1.54) is 6.07 Å². The minimum absolute atomic E-state index is 0.168. The van der Waals surface area contributed by atoms with Crippen LogP contribution in [0.1, 0.15) is 5.56 Å². The molecule has 2 aromatic rings. The number of rotatable bonds is 4. The summed E-state index contributed by atoms with van der Waals surface area (Å²) in [5, 5.41) is 2.40. The van der Waals surface area contributed by atoms with Crippen LogP contribution in [0.5, 0.6) is 0 Å². The number of alkyl halides is 1. The molecular weight excluding hydrogens is 250 g/mol. The summed E-state index contributed by atoms with van der Waals surface area (Å²) in [7, 11) is 0. The monoisotopic (exact) mass is 262 g/mol. The molecule has 0 saturated carbocycles. The highest BCUT2D eigenvalue weighted by molar-refractivity contribution is 5.77. The Morgan fingerprint density at radius 1 is 1.21 bits per heavy atom. The van der Waals surface area contributed by atoms with Gasteiger partial charge in [-0.2, -0.15) is 0 Å². The Bertz CT molecular complexity index is 573. The molecule has 1 heterocycles. The van der Waals surface area contributed by atoms with Gasteiger partial charge in [-0.15, -0.1) is 0 Å². The maximum atomic E-state index is 13.8. The third-order valence-electron chi connectivity index (χ3n) is 2.63. The average molecular weight is 262 g/mol. The van der Waals surface area contributed by atoms with Crippen LogP contribution in [-0.4, -0.2) is 17.6 Å². The minimum atomic E-state index is -1.06. The minimum Gasteiger partial charge on any atom is -0.350 e. The summed E-state index contributed by atoms with van der Waals surface area (Å²) < 4.78 is 25.8. The summed E-state index contributed by atoms with van der Waals surface area (Å²) in [5.41, 5.74) is 1.83. The van der Waals surface area contributed by atoms with Crippen LogP contribution in [0.25, 0.3) is 11.1 Å². The fourth-order valence-electron chi connectivity index (χ4n) is 1.68. The van der Waals surface area contributed by atoms with E-state index in [0.29, 0.717) is 16.7 Å². The van der Waals surface area contributed by atoms with Crippen molar-refractivity contribution in [2.24, 2.45) is 0 Å². The lowest BCUT2D eigenvalue weighted by Crippen LogP contribution is -2.24. The molecule has 0 aliphatic rings. The number of hydrogen-bond acceptors (Lipinski definition) is 2. The van der Waals surface area contributed by atoms with Crippen molar-refractivity contribution in [1.82, 2.24) is 10.3 Å². The first kappa shape index (κ1) is 13.1. The molecule has 0 radical (unpaired) electrons. The van der Waals surface area contributed by atoms with Crippen molar-refractivity contribution in [2.45, 2.75) is 6.54 Å². The summed E-state index contributed by atoms with van der Waals surface area (Å²) in [6, 6.07) is 7.90. The molecule has 19 heavy (non-hydrogen) atoms. The summed E-state index contributed by atoms with van der Waals surface area (Å²) >= 11 is 0. The van der Waals surface area contributed by atoms with E-state index in [9.17, 15) is 13.6 Å².